The summed E-state index contributed by atoms with van der Waals surface area (Å²) in [5.74, 6) is -0.169. The Balaban J connectivity index is 2.07. The molecule has 0 bridgehead atoms. The first kappa shape index (κ1) is 20.2. The Kier molecular flexibility index (Phi) is 6.15. The van der Waals surface area contributed by atoms with Gasteiger partial charge in [-0.15, -0.1) is 0 Å². The minimum absolute atomic E-state index is 0.00181. The van der Waals surface area contributed by atoms with Crippen LogP contribution in [0.4, 0.5) is 0 Å². The van der Waals surface area contributed by atoms with Crippen molar-refractivity contribution < 1.29 is 14.3 Å². The van der Waals surface area contributed by atoms with Gasteiger partial charge in [0.05, 0.1) is 12.1 Å². The highest BCUT2D eigenvalue weighted by Gasteiger charge is 2.63. The lowest BCUT2D eigenvalue weighted by molar-refractivity contribution is -0.171. The molecule has 0 saturated heterocycles. The van der Waals surface area contributed by atoms with E-state index < -0.39 is 11.0 Å². The normalized spacial score (nSPS) is 27.2. The average Bonchev–Trinajstić information content (AvgIpc) is 2.56. The minimum Gasteiger partial charge on any atom is -0.378 e. The smallest absolute Gasteiger partial charge is 0.241 e. The van der Waals surface area contributed by atoms with E-state index in [1.54, 1.807) is 7.11 Å². The summed E-state index contributed by atoms with van der Waals surface area (Å²) >= 11 is 5.94. The number of nitrogens with one attached hydrogen (secondary N) is 1. The summed E-state index contributed by atoms with van der Waals surface area (Å²) < 4.78 is 11.3. The van der Waals surface area contributed by atoms with Gasteiger partial charge in [-0.3, -0.25) is 4.79 Å². The Labute approximate surface area is 155 Å². The van der Waals surface area contributed by atoms with Crippen molar-refractivity contribution in [2.24, 2.45) is 11.1 Å². The van der Waals surface area contributed by atoms with E-state index in [-0.39, 0.29) is 24.2 Å². The molecular weight excluding hydrogens is 340 g/mol. The summed E-state index contributed by atoms with van der Waals surface area (Å²) in [5, 5.41) is 3.69. The monoisotopic (exact) mass is 368 g/mol. The number of amides is 1. The molecule has 1 amide bonds. The molecular formula is C19H29ClN2O3. The second-order valence-electron chi connectivity index (χ2n) is 7.31. The zero-order valence-corrected chi connectivity index (χ0v) is 16.4. The van der Waals surface area contributed by atoms with Gasteiger partial charge in [0.25, 0.3) is 0 Å². The second kappa shape index (κ2) is 7.62. The van der Waals surface area contributed by atoms with Gasteiger partial charge in [-0.05, 0) is 31.5 Å². The number of benzene rings is 1. The Morgan fingerprint density at radius 3 is 2.48 bits per heavy atom. The van der Waals surface area contributed by atoms with Gasteiger partial charge >= 0.3 is 0 Å². The van der Waals surface area contributed by atoms with E-state index in [0.717, 1.165) is 5.56 Å². The molecule has 0 heterocycles. The Bertz CT molecular complexity index is 605. The molecule has 0 aliphatic heterocycles. The van der Waals surface area contributed by atoms with E-state index in [0.29, 0.717) is 18.1 Å². The number of halogens is 1. The van der Waals surface area contributed by atoms with Crippen molar-refractivity contribution in [3.05, 3.63) is 34.9 Å². The number of hydrogen-bond acceptors (Lipinski definition) is 4. The molecule has 140 valence electrons. The van der Waals surface area contributed by atoms with Crippen molar-refractivity contribution in [3.8, 4) is 0 Å². The summed E-state index contributed by atoms with van der Waals surface area (Å²) in [5.41, 5.74) is 6.03. The van der Waals surface area contributed by atoms with E-state index >= 15 is 0 Å². The Hall–Kier alpha value is -1.14. The predicted molar refractivity (Wildman–Crippen MR) is 99.5 cm³/mol. The van der Waals surface area contributed by atoms with Crippen molar-refractivity contribution in [1.82, 2.24) is 5.32 Å². The van der Waals surface area contributed by atoms with Gasteiger partial charge in [-0.25, -0.2) is 0 Å². The number of carbonyl (C=O) groups excluding carboxylic acids is 1. The first-order valence-electron chi connectivity index (χ1n) is 8.67. The van der Waals surface area contributed by atoms with Crippen molar-refractivity contribution in [3.63, 3.8) is 0 Å². The maximum absolute atomic E-state index is 12.9. The highest BCUT2D eigenvalue weighted by molar-refractivity contribution is 6.30. The van der Waals surface area contributed by atoms with Crippen LogP contribution in [0.25, 0.3) is 0 Å². The molecule has 0 radical (unpaired) electrons. The van der Waals surface area contributed by atoms with Crippen LogP contribution in [0.15, 0.2) is 24.3 Å². The van der Waals surface area contributed by atoms with Crippen LogP contribution < -0.4 is 11.1 Å². The molecule has 1 aromatic rings. The van der Waals surface area contributed by atoms with Crippen LogP contribution in [-0.4, -0.2) is 37.3 Å². The molecule has 1 aromatic carbocycles. The lowest BCUT2D eigenvalue weighted by atomic mass is 9.54. The van der Waals surface area contributed by atoms with Crippen LogP contribution >= 0.6 is 11.6 Å². The maximum Gasteiger partial charge on any atom is 0.241 e. The van der Waals surface area contributed by atoms with Gasteiger partial charge in [0.2, 0.25) is 5.91 Å². The fourth-order valence-electron chi connectivity index (χ4n) is 3.51. The summed E-state index contributed by atoms with van der Waals surface area (Å²) in [4.78, 5) is 12.9. The zero-order valence-electron chi connectivity index (χ0n) is 15.6. The van der Waals surface area contributed by atoms with E-state index in [9.17, 15) is 4.79 Å². The van der Waals surface area contributed by atoms with Crippen molar-refractivity contribution in [2.75, 3.05) is 13.7 Å². The quantitative estimate of drug-likeness (QED) is 0.775. The van der Waals surface area contributed by atoms with Crippen molar-refractivity contribution in [2.45, 2.75) is 57.9 Å². The lowest BCUT2D eigenvalue weighted by Gasteiger charge is -2.57. The van der Waals surface area contributed by atoms with Gasteiger partial charge < -0.3 is 20.5 Å². The van der Waals surface area contributed by atoms with Crippen molar-refractivity contribution in [1.29, 1.82) is 0 Å². The van der Waals surface area contributed by atoms with Gasteiger partial charge in [0.15, 0.2) is 0 Å². The molecule has 4 unspecified atom stereocenters. The third-order valence-electron chi connectivity index (χ3n) is 5.50. The van der Waals surface area contributed by atoms with Crippen LogP contribution in [-0.2, 0) is 14.3 Å². The Morgan fingerprint density at radius 2 is 2.00 bits per heavy atom. The second-order valence-corrected chi connectivity index (χ2v) is 7.75. The van der Waals surface area contributed by atoms with Crippen LogP contribution in [0.5, 0.6) is 0 Å². The van der Waals surface area contributed by atoms with E-state index in [1.807, 2.05) is 52.0 Å². The standard InChI is InChI=1S/C19H29ClN2O3/c1-6-25-15-11-19(21,18(15,3)4)17(23)22-12(2)16(24-5)13-7-9-14(20)10-8-13/h7-10,12,15-16H,6,11,21H2,1-5H3,(H,22,23). The molecule has 6 heteroatoms. The molecule has 1 fully saturated rings. The first-order valence-corrected chi connectivity index (χ1v) is 9.05. The van der Waals surface area contributed by atoms with Gasteiger partial charge in [0, 0.05) is 30.6 Å². The SMILES string of the molecule is CCOC1CC(N)(C(=O)NC(C)C(OC)c2ccc(Cl)cc2)C1(C)C. The molecule has 1 saturated carbocycles. The van der Waals surface area contributed by atoms with E-state index in [1.165, 1.54) is 0 Å². The maximum atomic E-state index is 12.9. The highest BCUT2D eigenvalue weighted by atomic mass is 35.5. The third kappa shape index (κ3) is 3.70. The van der Waals surface area contributed by atoms with Gasteiger partial charge in [-0.1, -0.05) is 37.6 Å². The fraction of sp³-hybridized carbons (Fsp3) is 0.632. The molecule has 5 nitrogen and oxygen atoms in total. The van der Waals surface area contributed by atoms with E-state index in [4.69, 9.17) is 26.8 Å². The fourth-order valence-corrected chi connectivity index (χ4v) is 3.64. The first-order chi connectivity index (χ1) is 11.7. The van der Waals surface area contributed by atoms with Crippen LogP contribution in [0, 0.1) is 5.41 Å². The number of carbonyl (C=O) groups is 1. The largest absolute Gasteiger partial charge is 0.378 e. The summed E-state index contributed by atoms with van der Waals surface area (Å²) in [6, 6.07) is 7.18. The number of hydrogen-bond donors (Lipinski definition) is 2. The topological polar surface area (TPSA) is 73.6 Å². The highest BCUT2D eigenvalue weighted by Crippen LogP contribution is 2.50. The molecule has 4 atom stereocenters. The average molecular weight is 369 g/mol. The van der Waals surface area contributed by atoms with E-state index in [2.05, 4.69) is 5.32 Å². The Morgan fingerprint density at radius 1 is 1.40 bits per heavy atom. The number of rotatable bonds is 7. The number of methoxy groups -OCH3 is 1. The molecule has 2 rings (SSSR count). The summed E-state index contributed by atoms with van der Waals surface area (Å²) in [7, 11) is 1.62. The predicted octanol–water partition coefficient (Wildman–Crippen LogP) is 3.06. The molecule has 0 spiro atoms. The van der Waals surface area contributed by atoms with Gasteiger partial charge in [0.1, 0.15) is 11.6 Å². The number of nitrogens with two attached hydrogens (primary N) is 1. The molecule has 25 heavy (non-hydrogen) atoms. The molecule has 1 aliphatic carbocycles. The minimum atomic E-state index is -0.945. The molecule has 1 aliphatic rings. The zero-order chi connectivity index (χ0) is 18.8. The van der Waals surface area contributed by atoms with Crippen LogP contribution in [0.3, 0.4) is 0 Å². The number of ether oxygens (including phenoxy) is 2. The summed E-state index contributed by atoms with van der Waals surface area (Å²) in [6.45, 7) is 8.44. The summed E-state index contributed by atoms with van der Waals surface area (Å²) in [6.07, 6.45) is 0.235. The van der Waals surface area contributed by atoms with Gasteiger partial charge in [-0.2, -0.15) is 0 Å². The molecule has 3 N–H and O–H groups in total. The third-order valence-corrected chi connectivity index (χ3v) is 5.75. The van der Waals surface area contributed by atoms with Crippen LogP contribution in [0.2, 0.25) is 5.02 Å². The van der Waals surface area contributed by atoms with Crippen LogP contribution in [0.1, 0.15) is 45.8 Å². The lowest BCUT2D eigenvalue weighted by Crippen LogP contribution is -2.76. The molecule has 0 aromatic heterocycles. The van der Waals surface area contributed by atoms with Crippen molar-refractivity contribution >= 4 is 17.5 Å².